The van der Waals surface area contributed by atoms with Crippen molar-refractivity contribution in [2.24, 2.45) is 5.41 Å². The molecule has 1 spiro atoms. The summed E-state index contributed by atoms with van der Waals surface area (Å²) in [7, 11) is 0. The molecule has 1 N–H and O–H groups in total. The number of carbonyl (C=O) groups excluding carboxylic acids is 2. The molecule has 1 aromatic heterocycles. The average Bonchev–Trinajstić information content (AvgIpc) is 3.13. The van der Waals surface area contributed by atoms with Crippen LogP contribution in [0.1, 0.15) is 49.5 Å². The van der Waals surface area contributed by atoms with E-state index in [4.69, 9.17) is 0 Å². The summed E-state index contributed by atoms with van der Waals surface area (Å²) in [5, 5.41) is 2.95. The second-order valence-electron chi connectivity index (χ2n) is 7.98. The van der Waals surface area contributed by atoms with Crippen molar-refractivity contribution in [1.29, 1.82) is 0 Å². The molecule has 6 nitrogen and oxygen atoms in total. The molecule has 1 aliphatic carbocycles. The van der Waals surface area contributed by atoms with Crippen LogP contribution in [-0.4, -0.2) is 39.4 Å². The van der Waals surface area contributed by atoms with E-state index in [0.29, 0.717) is 13.1 Å². The summed E-state index contributed by atoms with van der Waals surface area (Å²) in [6.07, 6.45) is 8.92. The standard InChI is InChI=1S/C22H28N4O2/c1-17-23-12-14-25(17)15-13-24-19(27)16-26-20(18-8-4-2-5-9-18)22(21(26)28)10-6-3-7-11-22/h2,4-5,8-9,12,14,20H,3,6-7,10-11,13,15-16H2,1H3,(H,24,27). The number of rotatable bonds is 6. The monoisotopic (exact) mass is 380 g/mol. The first-order valence-electron chi connectivity index (χ1n) is 10.2. The number of nitrogens with zero attached hydrogens (tertiary/aromatic N) is 3. The summed E-state index contributed by atoms with van der Waals surface area (Å²) in [6, 6.07) is 10.2. The Kier molecular flexibility index (Phi) is 5.20. The van der Waals surface area contributed by atoms with Gasteiger partial charge in [0.15, 0.2) is 0 Å². The van der Waals surface area contributed by atoms with E-state index >= 15 is 0 Å². The predicted molar refractivity (Wildman–Crippen MR) is 106 cm³/mol. The molecule has 2 aliphatic rings. The van der Waals surface area contributed by atoms with Gasteiger partial charge in [0.1, 0.15) is 12.4 Å². The van der Waals surface area contributed by atoms with Crippen molar-refractivity contribution in [2.45, 2.75) is 51.6 Å². The highest BCUT2D eigenvalue weighted by atomic mass is 16.2. The zero-order chi connectivity index (χ0) is 19.6. The van der Waals surface area contributed by atoms with E-state index in [1.165, 1.54) is 6.42 Å². The first-order chi connectivity index (χ1) is 13.6. The van der Waals surface area contributed by atoms with Crippen molar-refractivity contribution in [3.63, 3.8) is 0 Å². The van der Waals surface area contributed by atoms with Gasteiger partial charge in [0.05, 0.1) is 11.5 Å². The summed E-state index contributed by atoms with van der Waals surface area (Å²) < 4.78 is 2.00. The summed E-state index contributed by atoms with van der Waals surface area (Å²) in [5.74, 6) is 0.981. The number of β-lactam (4-membered cyclic amide) rings is 1. The van der Waals surface area contributed by atoms with E-state index in [-0.39, 0.29) is 29.8 Å². The molecule has 6 heteroatoms. The number of nitrogens with one attached hydrogen (secondary N) is 1. The highest BCUT2D eigenvalue weighted by Crippen LogP contribution is 2.57. The van der Waals surface area contributed by atoms with Gasteiger partial charge in [-0.2, -0.15) is 0 Å². The number of hydrogen-bond acceptors (Lipinski definition) is 3. The highest BCUT2D eigenvalue weighted by molar-refractivity contribution is 5.94. The van der Waals surface area contributed by atoms with Crippen molar-refractivity contribution in [3.8, 4) is 0 Å². The lowest BCUT2D eigenvalue weighted by Crippen LogP contribution is -2.65. The van der Waals surface area contributed by atoms with Crippen molar-refractivity contribution in [1.82, 2.24) is 19.8 Å². The molecule has 2 heterocycles. The fourth-order valence-corrected chi connectivity index (χ4v) is 4.89. The third kappa shape index (κ3) is 3.32. The van der Waals surface area contributed by atoms with Crippen LogP contribution in [0.2, 0.25) is 0 Å². The predicted octanol–water partition coefficient (Wildman–Crippen LogP) is 2.84. The van der Waals surface area contributed by atoms with Crippen molar-refractivity contribution < 1.29 is 9.59 Å². The van der Waals surface area contributed by atoms with Crippen LogP contribution in [0, 0.1) is 12.3 Å². The van der Waals surface area contributed by atoms with Crippen LogP contribution >= 0.6 is 0 Å². The molecule has 2 fully saturated rings. The smallest absolute Gasteiger partial charge is 0.239 e. The van der Waals surface area contributed by atoms with Gasteiger partial charge in [-0.05, 0) is 25.3 Å². The lowest BCUT2D eigenvalue weighted by molar-refractivity contribution is -0.180. The Balaban J connectivity index is 1.41. The van der Waals surface area contributed by atoms with Gasteiger partial charge in [0.25, 0.3) is 0 Å². The number of benzene rings is 1. The second kappa shape index (κ2) is 7.78. The number of aromatic nitrogens is 2. The molecule has 148 valence electrons. The van der Waals surface area contributed by atoms with E-state index in [1.807, 2.05) is 35.9 Å². The van der Waals surface area contributed by atoms with Gasteiger partial charge in [-0.15, -0.1) is 0 Å². The second-order valence-corrected chi connectivity index (χ2v) is 7.98. The van der Waals surface area contributed by atoms with Crippen molar-refractivity contribution >= 4 is 11.8 Å². The molecule has 4 rings (SSSR count). The van der Waals surface area contributed by atoms with E-state index in [9.17, 15) is 9.59 Å². The van der Waals surface area contributed by atoms with E-state index in [2.05, 4.69) is 22.4 Å². The van der Waals surface area contributed by atoms with Crippen LogP contribution in [0.3, 0.4) is 0 Å². The van der Waals surface area contributed by atoms with Crippen LogP contribution in [0.5, 0.6) is 0 Å². The quantitative estimate of drug-likeness (QED) is 0.784. The summed E-state index contributed by atoms with van der Waals surface area (Å²) >= 11 is 0. The molecule has 1 atom stereocenters. The molecule has 1 saturated carbocycles. The molecule has 1 unspecified atom stereocenters. The Hall–Kier alpha value is -2.63. The summed E-state index contributed by atoms with van der Waals surface area (Å²) in [4.78, 5) is 31.6. The molecule has 0 bridgehead atoms. The van der Waals surface area contributed by atoms with Gasteiger partial charge in [0.2, 0.25) is 11.8 Å². The Morgan fingerprint density at radius 1 is 1.21 bits per heavy atom. The minimum absolute atomic E-state index is 0.0168. The normalized spacial score (nSPS) is 20.8. The zero-order valence-corrected chi connectivity index (χ0v) is 16.4. The number of imidazole rings is 1. The zero-order valence-electron chi connectivity index (χ0n) is 16.4. The lowest BCUT2D eigenvalue weighted by atomic mass is 9.60. The Bertz CT molecular complexity index is 839. The molecule has 0 radical (unpaired) electrons. The Morgan fingerprint density at radius 3 is 2.64 bits per heavy atom. The number of hydrogen-bond donors (Lipinski definition) is 1. The van der Waals surface area contributed by atoms with Crippen LogP contribution in [0.15, 0.2) is 42.7 Å². The molecule has 1 saturated heterocycles. The SMILES string of the molecule is Cc1nccn1CCNC(=O)CN1C(=O)C2(CCCCC2)C1c1ccccc1. The molecular formula is C22H28N4O2. The van der Waals surface area contributed by atoms with Gasteiger partial charge in [-0.3, -0.25) is 9.59 Å². The van der Waals surface area contributed by atoms with E-state index in [0.717, 1.165) is 37.1 Å². The molecular weight excluding hydrogens is 352 g/mol. The van der Waals surface area contributed by atoms with Gasteiger partial charge >= 0.3 is 0 Å². The van der Waals surface area contributed by atoms with Crippen LogP contribution in [0.25, 0.3) is 0 Å². The molecule has 2 aromatic rings. The fraction of sp³-hybridized carbons (Fsp3) is 0.500. The maximum Gasteiger partial charge on any atom is 0.239 e. The summed E-state index contributed by atoms with van der Waals surface area (Å²) in [5.41, 5.74) is 0.846. The Labute approximate surface area is 165 Å². The molecule has 2 amide bonds. The van der Waals surface area contributed by atoms with Gasteiger partial charge in [-0.25, -0.2) is 4.98 Å². The minimum Gasteiger partial charge on any atom is -0.353 e. The maximum absolute atomic E-state index is 13.1. The fourth-order valence-electron chi connectivity index (χ4n) is 4.89. The largest absolute Gasteiger partial charge is 0.353 e. The summed E-state index contributed by atoms with van der Waals surface area (Å²) in [6.45, 7) is 3.27. The van der Waals surface area contributed by atoms with Crippen molar-refractivity contribution in [3.05, 3.63) is 54.1 Å². The molecule has 28 heavy (non-hydrogen) atoms. The van der Waals surface area contributed by atoms with E-state index < -0.39 is 0 Å². The number of likely N-dealkylation sites (tertiary alicyclic amines) is 1. The van der Waals surface area contributed by atoms with E-state index in [1.54, 1.807) is 11.1 Å². The van der Waals surface area contributed by atoms with Gasteiger partial charge in [-0.1, -0.05) is 49.6 Å². The number of aryl methyl sites for hydroxylation is 1. The first kappa shape index (κ1) is 18.7. The number of carbonyl (C=O) groups is 2. The molecule has 1 aliphatic heterocycles. The maximum atomic E-state index is 13.1. The van der Waals surface area contributed by atoms with Gasteiger partial charge in [0, 0.05) is 25.5 Å². The van der Waals surface area contributed by atoms with Crippen LogP contribution < -0.4 is 5.32 Å². The molecule has 1 aromatic carbocycles. The Morgan fingerprint density at radius 2 is 1.96 bits per heavy atom. The minimum atomic E-state index is -0.298. The average molecular weight is 380 g/mol. The third-order valence-corrected chi connectivity index (χ3v) is 6.30. The van der Waals surface area contributed by atoms with Crippen LogP contribution in [-0.2, 0) is 16.1 Å². The highest BCUT2D eigenvalue weighted by Gasteiger charge is 2.60. The third-order valence-electron chi connectivity index (χ3n) is 6.30. The number of amides is 2. The van der Waals surface area contributed by atoms with Crippen molar-refractivity contribution in [2.75, 3.05) is 13.1 Å². The first-order valence-corrected chi connectivity index (χ1v) is 10.2. The van der Waals surface area contributed by atoms with Gasteiger partial charge < -0.3 is 14.8 Å². The topological polar surface area (TPSA) is 67.2 Å². The lowest BCUT2D eigenvalue weighted by Gasteiger charge is -2.58. The van der Waals surface area contributed by atoms with Crippen LogP contribution in [0.4, 0.5) is 0 Å².